The van der Waals surface area contributed by atoms with E-state index >= 15 is 0 Å². The highest BCUT2D eigenvalue weighted by Gasteiger charge is 2.19. The van der Waals surface area contributed by atoms with Crippen molar-refractivity contribution in [1.29, 1.82) is 0 Å². The third-order valence-corrected chi connectivity index (χ3v) is 5.69. The fraction of sp³-hybridized carbons (Fsp3) is 0.269. The first-order valence-electron chi connectivity index (χ1n) is 10.9. The number of hydrogen-bond donors (Lipinski definition) is 1. The van der Waals surface area contributed by atoms with Gasteiger partial charge in [0, 0.05) is 31.3 Å². The van der Waals surface area contributed by atoms with Crippen LogP contribution in [-0.2, 0) is 22.4 Å². The smallest absolute Gasteiger partial charge is 0.338 e. The molecule has 0 saturated carbocycles. The van der Waals surface area contributed by atoms with Crippen LogP contribution in [-0.4, -0.2) is 36.1 Å². The summed E-state index contributed by atoms with van der Waals surface area (Å²) in [5.74, 6) is -1.17. The van der Waals surface area contributed by atoms with Gasteiger partial charge < -0.3 is 15.2 Å². The average molecular weight is 448 g/mol. The number of aromatic nitrogens is 1. The van der Waals surface area contributed by atoms with Crippen molar-refractivity contribution in [3.8, 4) is 11.1 Å². The van der Waals surface area contributed by atoms with Crippen molar-refractivity contribution in [3.63, 3.8) is 0 Å². The molecular weight excluding hydrogens is 423 g/mol. The summed E-state index contributed by atoms with van der Waals surface area (Å²) in [7, 11) is 0. The van der Waals surface area contributed by atoms with Gasteiger partial charge in [0.1, 0.15) is 12.4 Å². The molecule has 170 valence electrons. The van der Waals surface area contributed by atoms with Crippen molar-refractivity contribution in [3.05, 3.63) is 89.0 Å². The summed E-state index contributed by atoms with van der Waals surface area (Å²) in [6.07, 6.45) is 4.28. The van der Waals surface area contributed by atoms with E-state index in [0.29, 0.717) is 17.7 Å². The van der Waals surface area contributed by atoms with E-state index < -0.39 is 11.8 Å². The normalized spacial score (nSPS) is 15.4. The summed E-state index contributed by atoms with van der Waals surface area (Å²) < 4.78 is 24.8. The van der Waals surface area contributed by atoms with Crippen LogP contribution in [0, 0.1) is 5.82 Å². The first-order chi connectivity index (χ1) is 16.0. The minimum Gasteiger partial charge on any atom is -0.459 e. The minimum atomic E-state index is -0.515. The van der Waals surface area contributed by atoms with E-state index in [-0.39, 0.29) is 37.0 Å². The molecule has 1 aliphatic heterocycles. The number of pyridine rings is 1. The highest BCUT2D eigenvalue weighted by Crippen LogP contribution is 2.27. The van der Waals surface area contributed by atoms with Crippen molar-refractivity contribution < 1.29 is 23.5 Å². The number of Topliss-reactive ketones (excluding diaryl/α,β-unsaturated/α-hetero) is 1. The highest BCUT2D eigenvalue weighted by atomic mass is 19.1. The second-order valence-electron chi connectivity index (χ2n) is 7.96. The van der Waals surface area contributed by atoms with Crippen molar-refractivity contribution in [1.82, 2.24) is 4.98 Å². The van der Waals surface area contributed by atoms with Crippen molar-refractivity contribution in [2.45, 2.75) is 31.9 Å². The van der Waals surface area contributed by atoms with Gasteiger partial charge in [0.05, 0.1) is 17.9 Å². The van der Waals surface area contributed by atoms with Gasteiger partial charge in [0.25, 0.3) is 0 Å². The molecule has 0 spiro atoms. The minimum absolute atomic E-state index is 0.0473. The monoisotopic (exact) mass is 448 g/mol. The van der Waals surface area contributed by atoms with Gasteiger partial charge in [-0.3, -0.25) is 9.78 Å². The van der Waals surface area contributed by atoms with Gasteiger partial charge in [-0.25, -0.2) is 9.18 Å². The number of nitrogens with zero attached hydrogens (tertiary/aromatic N) is 1. The predicted molar refractivity (Wildman–Crippen MR) is 121 cm³/mol. The number of halogens is 1. The number of nitrogens with two attached hydrogens (primary N) is 1. The number of benzene rings is 2. The molecule has 6 nitrogen and oxygen atoms in total. The van der Waals surface area contributed by atoms with E-state index in [4.69, 9.17) is 15.2 Å². The molecule has 3 aromatic rings. The third kappa shape index (κ3) is 5.50. The average Bonchev–Trinajstić information content (AvgIpc) is 3.37. The second kappa shape index (κ2) is 10.5. The molecule has 0 amide bonds. The van der Waals surface area contributed by atoms with E-state index in [0.717, 1.165) is 35.7 Å². The quantitative estimate of drug-likeness (QED) is 0.412. The van der Waals surface area contributed by atoms with Crippen molar-refractivity contribution in [2.24, 2.45) is 5.73 Å². The Morgan fingerprint density at radius 2 is 2.00 bits per heavy atom. The predicted octanol–water partition coefficient (Wildman–Crippen LogP) is 4.11. The highest BCUT2D eigenvalue weighted by molar-refractivity contribution is 5.99. The molecule has 33 heavy (non-hydrogen) atoms. The SMILES string of the molecule is NCc1ccc(C(=O)Cc2ccncc2F)cc1-c1cccc(C(=O)OC[C@H]2CCCO2)c1. The molecule has 1 saturated heterocycles. The van der Waals surface area contributed by atoms with Gasteiger partial charge in [0.15, 0.2) is 5.78 Å². The Morgan fingerprint density at radius 1 is 1.12 bits per heavy atom. The summed E-state index contributed by atoms with van der Waals surface area (Å²) in [5, 5.41) is 0. The molecule has 2 heterocycles. The maximum Gasteiger partial charge on any atom is 0.338 e. The largest absolute Gasteiger partial charge is 0.459 e. The van der Waals surface area contributed by atoms with Crippen LogP contribution in [0.15, 0.2) is 60.9 Å². The van der Waals surface area contributed by atoms with E-state index in [2.05, 4.69) is 4.98 Å². The summed E-state index contributed by atoms with van der Waals surface area (Å²) in [6.45, 7) is 1.19. The lowest BCUT2D eigenvalue weighted by Crippen LogP contribution is -2.17. The van der Waals surface area contributed by atoms with Crippen molar-refractivity contribution >= 4 is 11.8 Å². The summed E-state index contributed by atoms with van der Waals surface area (Å²) in [6, 6.07) is 13.7. The van der Waals surface area contributed by atoms with Crippen LogP contribution in [0.5, 0.6) is 0 Å². The Morgan fingerprint density at radius 3 is 2.76 bits per heavy atom. The molecule has 1 fully saturated rings. The Kier molecular flexibility index (Phi) is 7.22. The molecule has 1 aromatic heterocycles. The van der Waals surface area contributed by atoms with Gasteiger partial charge in [-0.15, -0.1) is 0 Å². The van der Waals surface area contributed by atoms with Gasteiger partial charge >= 0.3 is 5.97 Å². The maximum absolute atomic E-state index is 13.9. The lowest BCUT2D eigenvalue weighted by Gasteiger charge is -2.13. The van der Waals surface area contributed by atoms with Crippen LogP contribution in [0.2, 0.25) is 0 Å². The van der Waals surface area contributed by atoms with Crippen LogP contribution >= 0.6 is 0 Å². The molecule has 2 N–H and O–H groups in total. The van der Waals surface area contributed by atoms with Crippen LogP contribution in [0.4, 0.5) is 4.39 Å². The number of ether oxygens (including phenoxy) is 2. The van der Waals surface area contributed by atoms with Crippen LogP contribution in [0.3, 0.4) is 0 Å². The summed E-state index contributed by atoms with van der Waals surface area (Å²) >= 11 is 0. The Labute approximate surface area is 191 Å². The number of hydrogen-bond acceptors (Lipinski definition) is 6. The number of carbonyl (C=O) groups excluding carboxylic acids is 2. The van der Waals surface area contributed by atoms with Crippen LogP contribution in [0.1, 0.15) is 44.7 Å². The second-order valence-corrected chi connectivity index (χ2v) is 7.96. The first kappa shape index (κ1) is 22.8. The molecule has 0 aliphatic carbocycles. The first-order valence-corrected chi connectivity index (χ1v) is 10.9. The summed E-state index contributed by atoms with van der Waals surface area (Å²) in [4.78, 5) is 29.1. The zero-order chi connectivity index (χ0) is 23.2. The number of ketones is 1. The Bertz CT molecular complexity index is 1160. The standard InChI is InChI=1S/C26H25FN2O4/c27-24-15-29-9-8-18(24)13-25(30)19-6-7-21(14-28)23(12-19)17-3-1-4-20(11-17)26(31)33-16-22-5-2-10-32-22/h1,3-4,6-9,11-12,15,22H,2,5,10,13-14,16,28H2/t22-/m1/s1. The van der Waals surface area contributed by atoms with E-state index in [1.807, 2.05) is 6.07 Å². The van der Waals surface area contributed by atoms with E-state index in [9.17, 15) is 14.0 Å². The van der Waals surface area contributed by atoms with Gasteiger partial charge in [-0.05, 0) is 59.4 Å². The molecule has 2 aromatic carbocycles. The van der Waals surface area contributed by atoms with E-state index in [1.165, 1.54) is 12.3 Å². The Balaban J connectivity index is 1.56. The van der Waals surface area contributed by atoms with Gasteiger partial charge in [-0.1, -0.05) is 24.3 Å². The lowest BCUT2D eigenvalue weighted by atomic mass is 9.93. The van der Waals surface area contributed by atoms with Crippen molar-refractivity contribution in [2.75, 3.05) is 13.2 Å². The fourth-order valence-corrected chi connectivity index (χ4v) is 3.86. The molecule has 1 atom stereocenters. The molecule has 0 radical (unpaired) electrons. The number of rotatable bonds is 8. The summed E-state index contributed by atoms with van der Waals surface area (Å²) in [5.41, 5.74) is 9.37. The van der Waals surface area contributed by atoms with E-state index in [1.54, 1.807) is 36.4 Å². The molecule has 4 rings (SSSR count). The molecule has 1 aliphatic rings. The molecule has 7 heteroatoms. The molecule has 0 unspecified atom stereocenters. The number of esters is 1. The zero-order valence-corrected chi connectivity index (χ0v) is 18.1. The number of carbonyl (C=O) groups is 2. The fourth-order valence-electron chi connectivity index (χ4n) is 3.86. The lowest BCUT2D eigenvalue weighted by molar-refractivity contribution is 0.0161. The third-order valence-electron chi connectivity index (χ3n) is 5.69. The molecule has 0 bridgehead atoms. The molecular formula is C26H25FN2O4. The van der Waals surface area contributed by atoms with Crippen LogP contribution < -0.4 is 5.73 Å². The Hall–Kier alpha value is -3.42. The topological polar surface area (TPSA) is 91.5 Å². The zero-order valence-electron chi connectivity index (χ0n) is 18.1. The maximum atomic E-state index is 13.9. The van der Waals surface area contributed by atoms with Gasteiger partial charge in [0.2, 0.25) is 0 Å². The van der Waals surface area contributed by atoms with Crippen LogP contribution in [0.25, 0.3) is 11.1 Å². The van der Waals surface area contributed by atoms with Gasteiger partial charge in [-0.2, -0.15) is 0 Å².